The normalized spacial score (nSPS) is 13.8. The fourth-order valence-corrected chi connectivity index (χ4v) is 1.79. The van der Waals surface area contributed by atoms with Gasteiger partial charge in [-0.1, -0.05) is 6.07 Å². The van der Waals surface area contributed by atoms with Crippen LogP contribution in [-0.4, -0.2) is 25.5 Å². The molecule has 0 saturated carbocycles. The molecule has 1 aliphatic heterocycles. The molecule has 0 spiro atoms. The van der Waals surface area contributed by atoms with Crippen molar-refractivity contribution in [1.29, 1.82) is 0 Å². The van der Waals surface area contributed by atoms with E-state index in [9.17, 15) is 0 Å². The van der Waals surface area contributed by atoms with Crippen molar-refractivity contribution in [3.05, 3.63) is 23.8 Å². The first-order chi connectivity index (χ1) is 7.90. The van der Waals surface area contributed by atoms with Crippen LogP contribution in [0.15, 0.2) is 18.2 Å². The van der Waals surface area contributed by atoms with Gasteiger partial charge in [0.1, 0.15) is 13.2 Å². The first-order valence-electron chi connectivity index (χ1n) is 5.60. The van der Waals surface area contributed by atoms with E-state index in [-0.39, 0.29) is 0 Å². The van der Waals surface area contributed by atoms with Gasteiger partial charge in [0.2, 0.25) is 0 Å². The maximum atomic E-state index is 5.53. The SMILES string of the molecule is SCCCNCc1ccc2c(c1)OCCO2. The lowest BCUT2D eigenvalue weighted by Gasteiger charge is -2.18. The van der Waals surface area contributed by atoms with Gasteiger partial charge in [-0.2, -0.15) is 12.6 Å². The van der Waals surface area contributed by atoms with Crippen LogP contribution in [0.4, 0.5) is 0 Å². The van der Waals surface area contributed by atoms with E-state index in [1.807, 2.05) is 12.1 Å². The standard InChI is InChI=1S/C12H17NO2S/c16-7-1-4-13-9-10-2-3-11-12(8-10)15-6-5-14-11/h2-3,8,13,16H,1,4-7,9H2. The molecule has 0 bridgehead atoms. The Morgan fingerprint density at radius 3 is 2.81 bits per heavy atom. The van der Waals surface area contributed by atoms with Gasteiger partial charge in [-0.3, -0.25) is 0 Å². The summed E-state index contributed by atoms with van der Waals surface area (Å²) in [7, 11) is 0. The summed E-state index contributed by atoms with van der Waals surface area (Å²) >= 11 is 4.17. The first kappa shape index (κ1) is 11.6. The van der Waals surface area contributed by atoms with Gasteiger partial charge in [0.15, 0.2) is 11.5 Å². The van der Waals surface area contributed by atoms with E-state index < -0.39 is 0 Å². The summed E-state index contributed by atoms with van der Waals surface area (Å²) in [5.74, 6) is 2.64. The highest BCUT2D eigenvalue weighted by atomic mass is 32.1. The molecule has 1 aliphatic rings. The molecular weight excluding hydrogens is 222 g/mol. The van der Waals surface area contributed by atoms with Gasteiger partial charge in [-0.25, -0.2) is 0 Å². The molecule has 0 saturated heterocycles. The largest absolute Gasteiger partial charge is 0.486 e. The summed E-state index contributed by atoms with van der Waals surface area (Å²) in [6.45, 7) is 3.15. The predicted octanol–water partition coefficient (Wildman–Crippen LogP) is 1.87. The molecule has 1 aromatic rings. The molecule has 1 aromatic carbocycles. The Morgan fingerprint density at radius 1 is 1.19 bits per heavy atom. The molecule has 1 N–H and O–H groups in total. The number of nitrogens with one attached hydrogen (secondary N) is 1. The number of ether oxygens (including phenoxy) is 2. The lowest BCUT2D eigenvalue weighted by atomic mass is 10.2. The van der Waals surface area contributed by atoms with Crippen LogP contribution in [0.3, 0.4) is 0 Å². The smallest absolute Gasteiger partial charge is 0.161 e. The lowest BCUT2D eigenvalue weighted by molar-refractivity contribution is 0.171. The zero-order valence-corrected chi connectivity index (χ0v) is 10.1. The molecule has 4 heteroatoms. The van der Waals surface area contributed by atoms with Crippen molar-refractivity contribution < 1.29 is 9.47 Å². The molecule has 2 rings (SSSR count). The van der Waals surface area contributed by atoms with Crippen LogP contribution in [0, 0.1) is 0 Å². The molecule has 0 radical (unpaired) electrons. The maximum Gasteiger partial charge on any atom is 0.161 e. The van der Waals surface area contributed by atoms with E-state index in [0.717, 1.165) is 36.8 Å². The van der Waals surface area contributed by atoms with Crippen LogP contribution in [0.5, 0.6) is 11.5 Å². The Bertz CT molecular complexity index is 344. The summed E-state index contributed by atoms with van der Waals surface area (Å²) in [5, 5.41) is 3.36. The number of thiol groups is 1. The summed E-state index contributed by atoms with van der Waals surface area (Å²) in [4.78, 5) is 0. The van der Waals surface area contributed by atoms with E-state index in [2.05, 4.69) is 24.0 Å². The van der Waals surface area contributed by atoms with Crippen molar-refractivity contribution >= 4 is 12.6 Å². The first-order valence-corrected chi connectivity index (χ1v) is 6.23. The second-order valence-corrected chi connectivity index (χ2v) is 4.18. The molecule has 0 amide bonds. The van der Waals surface area contributed by atoms with Crippen molar-refractivity contribution in [3.8, 4) is 11.5 Å². The van der Waals surface area contributed by atoms with Crippen LogP contribution in [0.2, 0.25) is 0 Å². The summed E-state index contributed by atoms with van der Waals surface area (Å²) < 4.78 is 11.0. The third kappa shape index (κ3) is 3.06. The van der Waals surface area contributed by atoms with E-state index in [1.54, 1.807) is 0 Å². The van der Waals surface area contributed by atoms with Gasteiger partial charge in [0.25, 0.3) is 0 Å². The quantitative estimate of drug-likeness (QED) is 0.607. The number of hydrogen-bond donors (Lipinski definition) is 2. The number of benzene rings is 1. The van der Waals surface area contributed by atoms with Gasteiger partial charge < -0.3 is 14.8 Å². The van der Waals surface area contributed by atoms with Gasteiger partial charge in [-0.05, 0) is 36.4 Å². The fraction of sp³-hybridized carbons (Fsp3) is 0.500. The zero-order valence-electron chi connectivity index (χ0n) is 9.24. The van der Waals surface area contributed by atoms with Gasteiger partial charge in [0.05, 0.1) is 0 Å². The van der Waals surface area contributed by atoms with Gasteiger partial charge in [-0.15, -0.1) is 0 Å². The highest BCUT2D eigenvalue weighted by molar-refractivity contribution is 7.80. The Morgan fingerprint density at radius 2 is 2.00 bits per heavy atom. The second-order valence-electron chi connectivity index (χ2n) is 3.73. The zero-order chi connectivity index (χ0) is 11.2. The summed E-state index contributed by atoms with van der Waals surface area (Å²) in [6.07, 6.45) is 1.09. The number of hydrogen-bond acceptors (Lipinski definition) is 4. The molecule has 0 atom stereocenters. The third-order valence-electron chi connectivity index (χ3n) is 2.45. The van der Waals surface area contributed by atoms with Crippen molar-refractivity contribution in [2.75, 3.05) is 25.5 Å². The molecule has 1 heterocycles. The van der Waals surface area contributed by atoms with Crippen molar-refractivity contribution in [1.82, 2.24) is 5.32 Å². The van der Waals surface area contributed by atoms with E-state index in [0.29, 0.717) is 13.2 Å². The Hall–Kier alpha value is -0.870. The Kier molecular flexibility index (Phi) is 4.36. The van der Waals surface area contributed by atoms with Crippen molar-refractivity contribution in [3.63, 3.8) is 0 Å². The summed E-state index contributed by atoms with van der Waals surface area (Å²) in [6, 6.07) is 6.09. The number of fused-ring (bicyclic) bond motifs is 1. The average molecular weight is 239 g/mol. The van der Waals surface area contributed by atoms with E-state index in [4.69, 9.17) is 9.47 Å². The molecule has 0 aromatic heterocycles. The molecule has 3 nitrogen and oxygen atoms in total. The molecule has 0 unspecified atom stereocenters. The minimum Gasteiger partial charge on any atom is -0.486 e. The second kappa shape index (κ2) is 6.01. The van der Waals surface area contributed by atoms with Gasteiger partial charge >= 0.3 is 0 Å². The van der Waals surface area contributed by atoms with Crippen molar-refractivity contribution in [2.45, 2.75) is 13.0 Å². The third-order valence-corrected chi connectivity index (χ3v) is 2.76. The Balaban J connectivity index is 1.90. The van der Waals surface area contributed by atoms with Crippen LogP contribution in [-0.2, 0) is 6.54 Å². The minimum atomic E-state index is 0.642. The highest BCUT2D eigenvalue weighted by Gasteiger charge is 2.11. The topological polar surface area (TPSA) is 30.5 Å². The predicted molar refractivity (Wildman–Crippen MR) is 67.6 cm³/mol. The van der Waals surface area contributed by atoms with Crippen LogP contribution >= 0.6 is 12.6 Å². The van der Waals surface area contributed by atoms with Crippen molar-refractivity contribution in [2.24, 2.45) is 0 Å². The highest BCUT2D eigenvalue weighted by Crippen LogP contribution is 2.30. The van der Waals surface area contributed by atoms with Gasteiger partial charge in [0, 0.05) is 6.54 Å². The fourth-order valence-electron chi connectivity index (χ4n) is 1.63. The molecular formula is C12H17NO2S. The Labute approximate surface area is 102 Å². The molecule has 0 aliphatic carbocycles. The van der Waals surface area contributed by atoms with Crippen LogP contribution in [0.1, 0.15) is 12.0 Å². The van der Waals surface area contributed by atoms with Crippen LogP contribution < -0.4 is 14.8 Å². The molecule has 0 fully saturated rings. The molecule has 88 valence electrons. The molecule has 16 heavy (non-hydrogen) atoms. The maximum absolute atomic E-state index is 5.53. The number of rotatable bonds is 5. The monoisotopic (exact) mass is 239 g/mol. The summed E-state index contributed by atoms with van der Waals surface area (Å²) in [5.41, 5.74) is 1.23. The van der Waals surface area contributed by atoms with Crippen LogP contribution in [0.25, 0.3) is 0 Å². The van der Waals surface area contributed by atoms with E-state index >= 15 is 0 Å². The van der Waals surface area contributed by atoms with E-state index in [1.165, 1.54) is 5.56 Å². The lowest BCUT2D eigenvalue weighted by Crippen LogP contribution is -2.17. The average Bonchev–Trinajstić information content (AvgIpc) is 2.34. The minimum absolute atomic E-state index is 0.642.